The van der Waals surface area contributed by atoms with Crippen LogP contribution in [0.3, 0.4) is 0 Å². The van der Waals surface area contributed by atoms with E-state index in [1.807, 2.05) is 31.2 Å². The minimum Gasteiger partial charge on any atom is -0.497 e. The van der Waals surface area contributed by atoms with Crippen LogP contribution in [0.15, 0.2) is 39.6 Å². The van der Waals surface area contributed by atoms with E-state index in [1.54, 1.807) is 13.2 Å². The van der Waals surface area contributed by atoms with Crippen molar-refractivity contribution in [3.05, 3.63) is 57.7 Å². The molecule has 0 bridgehead atoms. The lowest BCUT2D eigenvalue weighted by Crippen LogP contribution is -2.26. The van der Waals surface area contributed by atoms with Gasteiger partial charge in [-0.3, -0.25) is 9.59 Å². The maximum atomic E-state index is 12.2. The summed E-state index contributed by atoms with van der Waals surface area (Å²) in [5, 5.41) is 7.62. The second kappa shape index (κ2) is 7.86. The van der Waals surface area contributed by atoms with Crippen molar-refractivity contribution >= 4 is 16.8 Å². The van der Waals surface area contributed by atoms with Crippen LogP contribution in [-0.2, 0) is 17.6 Å². The van der Waals surface area contributed by atoms with Gasteiger partial charge in [0, 0.05) is 37.1 Å². The molecule has 7 nitrogen and oxygen atoms in total. The lowest BCUT2D eigenvalue weighted by Gasteiger charge is -2.06. The number of carbonyl (C=O) groups is 1. The average molecular weight is 355 g/mol. The Balaban J connectivity index is 1.55. The van der Waals surface area contributed by atoms with Gasteiger partial charge in [-0.1, -0.05) is 5.16 Å². The molecule has 0 aliphatic heterocycles. The number of aryl methyl sites for hydroxylation is 2. The Bertz CT molecular complexity index is 974. The van der Waals surface area contributed by atoms with Gasteiger partial charge in [-0.15, -0.1) is 0 Å². The van der Waals surface area contributed by atoms with Crippen LogP contribution in [0.2, 0.25) is 0 Å². The van der Waals surface area contributed by atoms with E-state index in [4.69, 9.17) is 9.26 Å². The summed E-state index contributed by atoms with van der Waals surface area (Å²) in [5.74, 6) is 1.33. The molecule has 0 saturated carbocycles. The second-order valence-corrected chi connectivity index (χ2v) is 6.11. The number of rotatable bonds is 7. The summed E-state index contributed by atoms with van der Waals surface area (Å²) in [7, 11) is 1.58. The highest BCUT2D eigenvalue weighted by Gasteiger charge is 2.08. The van der Waals surface area contributed by atoms with Crippen LogP contribution in [0.5, 0.6) is 5.75 Å². The molecule has 0 aliphatic rings. The molecule has 0 spiro atoms. The van der Waals surface area contributed by atoms with Gasteiger partial charge in [-0.25, -0.2) is 0 Å². The number of pyridine rings is 1. The molecule has 0 fully saturated rings. The smallest absolute Gasteiger partial charge is 0.251 e. The van der Waals surface area contributed by atoms with E-state index in [0.29, 0.717) is 36.2 Å². The van der Waals surface area contributed by atoms with Gasteiger partial charge in [-0.2, -0.15) is 0 Å². The van der Waals surface area contributed by atoms with Crippen LogP contribution < -0.4 is 15.6 Å². The Labute approximate surface area is 150 Å². The Kier molecular flexibility index (Phi) is 5.36. The van der Waals surface area contributed by atoms with E-state index in [-0.39, 0.29) is 17.9 Å². The van der Waals surface area contributed by atoms with Crippen LogP contribution in [0.1, 0.15) is 23.4 Å². The predicted octanol–water partition coefficient (Wildman–Crippen LogP) is 2.12. The summed E-state index contributed by atoms with van der Waals surface area (Å²) >= 11 is 0. The molecule has 26 heavy (non-hydrogen) atoms. The lowest BCUT2D eigenvalue weighted by atomic mass is 10.1. The van der Waals surface area contributed by atoms with E-state index in [1.165, 1.54) is 0 Å². The van der Waals surface area contributed by atoms with Crippen LogP contribution in [-0.4, -0.2) is 29.7 Å². The van der Waals surface area contributed by atoms with Gasteiger partial charge < -0.3 is 19.6 Å². The van der Waals surface area contributed by atoms with Gasteiger partial charge in [0.15, 0.2) is 0 Å². The van der Waals surface area contributed by atoms with Gasteiger partial charge >= 0.3 is 0 Å². The van der Waals surface area contributed by atoms with Gasteiger partial charge in [0.1, 0.15) is 11.5 Å². The minimum atomic E-state index is -0.184. The lowest BCUT2D eigenvalue weighted by molar-refractivity contribution is -0.121. The number of fused-ring (bicyclic) bond motifs is 1. The first kappa shape index (κ1) is 17.7. The van der Waals surface area contributed by atoms with E-state index in [9.17, 15) is 9.59 Å². The molecule has 2 N–H and O–H groups in total. The molecule has 3 rings (SSSR count). The summed E-state index contributed by atoms with van der Waals surface area (Å²) < 4.78 is 10.1. The molecule has 0 saturated heterocycles. The molecule has 0 radical (unpaired) electrons. The maximum Gasteiger partial charge on any atom is 0.251 e. The van der Waals surface area contributed by atoms with E-state index in [0.717, 1.165) is 16.8 Å². The van der Waals surface area contributed by atoms with Crippen LogP contribution in [0, 0.1) is 6.92 Å². The summed E-state index contributed by atoms with van der Waals surface area (Å²) in [6.07, 6.45) is 1.25. The molecular weight excluding hydrogens is 334 g/mol. The summed E-state index contributed by atoms with van der Waals surface area (Å²) in [5.41, 5.74) is 1.93. The highest BCUT2D eigenvalue weighted by Crippen LogP contribution is 2.18. The van der Waals surface area contributed by atoms with Gasteiger partial charge in [0.05, 0.1) is 18.3 Å². The van der Waals surface area contributed by atoms with E-state index in [2.05, 4.69) is 15.5 Å². The van der Waals surface area contributed by atoms with E-state index >= 15 is 0 Å². The Morgan fingerprint density at radius 1 is 1.27 bits per heavy atom. The van der Waals surface area contributed by atoms with Crippen molar-refractivity contribution < 1.29 is 14.1 Å². The number of methoxy groups -OCH3 is 1. The molecular formula is C19H21N3O4. The Morgan fingerprint density at radius 3 is 2.85 bits per heavy atom. The molecule has 2 heterocycles. The van der Waals surface area contributed by atoms with Crippen LogP contribution in [0.25, 0.3) is 10.9 Å². The fourth-order valence-corrected chi connectivity index (χ4v) is 2.74. The first-order valence-corrected chi connectivity index (χ1v) is 8.44. The molecule has 2 aromatic heterocycles. The summed E-state index contributed by atoms with van der Waals surface area (Å²) in [4.78, 5) is 27.0. The molecule has 1 amide bonds. The third-order valence-corrected chi connectivity index (χ3v) is 4.13. The number of ether oxygens (including phenoxy) is 1. The fourth-order valence-electron chi connectivity index (χ4n) is 2.74. The average Bonchev–Trinajstić information content (AvgIpc) is 3.04. The number of nitrogens with one attached hydrogen (secondary N) is 2. The second-order valence-electron chi connectivity index (χ2n) is 6.11. The van der Waals surface area contributed by atoms with E-state index < -0.39 is 0 Å². The normalized spacial score (nSPS) is 10.8. The number of benzene rings is 1. The van der Waals surface area contributed by atoms with Gasteiger partial charge in [0.25, 0.3) is 5.56 Å². The van der Waals surface area contributed by atoms with Crippen molar-refractivity contribution in [2.45, 2.75) is 26.2 Å². The van der Waals surface area contributed by atoms with Crippen LogP contribution >= 0.6 is 0 Å². The molecule has 1 aromatic carbocycles. The third kappa shape index (κ3) is 4.30. The zero-order valence-electron chi connectivity index (χ0n) is 14.8. The third-order valence-electron chi connectivity index (χ3n) is 4.13. The number of aromatic amines is 1. The largest absolute Gasteiger partial charge is 0.497 e. The fraction of sp³-hybridized carbons (Fsp3) is 0.316. The zero-order chi connectivity index (χ0) is 18.5. The molecule has 0 aliphatic carbocycles. The standard InChI is InChI=1S/C19H21N3O4/c1-12-9-15(22-26-12)7-8-20-18(23)6-4-14-10-13-3-5-16(25-2)11-17(13)21-19(14)24/h3,5,9-11H,4,6-8H2,1-2H3,(H,20,23)(H,21,24). The Morgan fingerprint density at radius 2 is 2.12 bits per heavy atom. The number of H-pyrrole nitrogens is 1. The van der Waals surface area contributed by atoms with Crippen molar-refractivity contribution in [2.24, 2.45) is 0 Å². The van der Waals surface area contributed by atoms with Crippen molar-refractivity contribution in [3.63, 3.8) is 0 Å². The number of carbonyl (C=O) groups excluding carboxylic acids is 1. The summed E-state index contributed by atoms with van der Waals surface area (Å²) in [6.45, 7) is 2.31. The number of hydrogen-bond acceptors (Lipinski definition) is 5. The highest BCUT2D eigenvalue weighted by atomic mass is 16.5. The molecule has 0 atom stereocenters. The Hall–Kier alpha value is -3.09. The number of nitrogens with zero attached hydrogens (tertiary/aromatic N) is 1. The summed E-state index contributed by atoms with van der Waals surface area (Å²) in [6, 6.07) is 9.16. The first-order valence-electron chi connectivity index (χ1n) is 8.44. The zero-order valence-corrected chi connectivity index (χ0v) is 14.8. The molecule has 0 unspecified atom stereocenters. The quantitative estimate of drug-likeness (QED) is 0.677. The predicted molar refractivity (Wildman–Crippen MR) is 97.4 cm³/mol. The maximum absolute atomic E-state index is 12.2. The number of amides is 1. The van der Waals surface area contributed by atoms with Crippen molar-refractivity contribution in [1.82, 2.24) is 15.5 Å². The van der Waals surface area contributed by atoms with Crippen molar-refractivity contribution in [2.75, 3.05) is 13.7 Å². The van der Waals surface area contributed by atoms with Gasteiger partial charge in [0.2, 0.25) is 5.91 Å². The SMILES string of the molecule is COc1ccc2cc(CCC(=O)NCCc3cc(C)on3)c(=O)[nH]c2c1. The monoisotopic (exact) mass is 355 g/mol. The number of aromatic nitrogens is 2. The van der Waals surface area contributed by atoms with Crippen molar-refractivity contribution in [1.29, 1.82) is 0 Å². The van der Waals surface area contributed by atoms with Gasteiger partial charge in [-0.05, 0) is 36.9 Å². The van der Waals surface area contributed by atoms with Crippen molar-refractivity contribution in [3.8, 4) is 5.75 Å². The first-order chi connectivity index (χ1) is 12.5. The molecule has 3 aromatic rings. The van der Waals surface area contributed by atoms with Crippen LogP contribution in [0.4, 0.5) is 0 Å². The molecule has 7 heteroatoms. The highest BCUT2D eigenvalue weighted by molar-refractivity contribution is 5.81. The minimum absolute atomic E-state index is 0.0977. The molecule has 136 valence electrons. The number of hydrogen-bond donors (Lipinski definition) is 2. The topological polar surface area (TPSA) is 97.2 Å².